The number of nitrogens with two attached hydrogens (primary N) is 1. The molecule has 0 aliphatic carbocycles. The second-order valence-corrected chi connectivity index (χ2v) is 6.16. The number of hydrogen-bond donors (Lipinski definition) is 2. The fraction of sp³-hybridized carbons (Fsp3) is 0.182. The lowest BCUT2D eigenvalue weighted by Gasteiger charge is -2.16. The van der Waals surface area contributed by atoms with E-state index < -0.39 is 21.7 Å². The molecule has 0 aliphatic heterocycles. The molecule has 0 unspecified atom stereocenters. The molecule has 0 bridgehead atoms. The van der Waals surface area contributed by atoms with Crippen LogP contribution in [0, 0.1) is 11.6 Å². The number of rotatable bonds is 4. The Balaban J connectivity index is 2.28. The second kappa shape index (κ2) is 5.17. The first kappa shape index (κ1) is 14.4. The van der Waals surface area contributed by atoms with Gasteiger partial charge in [-0.2, -0.15) is 9.40 Å². The number of nitrogens with zero attached hydrogens (tertiary/aromatic N) is 2. The van der Waals surface area contributed by atoms with Crippen LogP contribution in [0.2, 0.25) is 0 Å². The summed E-state index contributed by atoms with van der Waals surface area (Å²) in [6.07, 6.45) is 1.07. The lowest BCUT2D eigenvalue weighted by Crippen LogP contribution is -2.27. The van der Waals surface area contributed by atoms with E-state index in [9.17, 15) is 17.2 Å². The highest BCUT2D eigenvalue weighted by Crippen LogP contribution is 2.21. The van der Waals surface area contributed by atoms with Gasteiger partial charge >= 0.3 is 0 Å². The SMILES string of the molecule is CN(Cc1ccc(F)cc1F)S(=O)(=O)c1cn[nH]c1N. The van der Waals surface area contributed by atoms with Crippen LogP contribution >= 0.6 is 0 Å². The van der Waals surface area contributed by atoms with Crippen molar-refractivity contribution in [3.8, 4) is 0 Å². The Labute approximate surface area is 114 Å². The van der Waals surface area contributed by atoms with Gasteiger partial charge in [0.05, 0.1) is 6.20 Å². The van der Waals surface area contributed by atoms with Crippen molar-refractivity contribution in [2.45, 2.75) is 11.4 Å². The molecule has 108 valence electrons. The van der Waals surface area contributed by atoms with Crippen molar-refractivity contribution in [2.24, 2.45) is 0 Å². The van der Waals surface area contributed by atoms with E-state index in [1.165, 1.54) is 13.1 Å². The van der Waals surface area contributed by atoms with E-state index in [1.54, 1.807) is 0 Å². The van der Waals surface area contributed by atoms with Crippen molar-refractivity contribution < 1.29 is 17.2 Å². The van der Waals surface area contributed by atoms with Crippen molar-refractivity contribution in [1.29, 1.82) is 0 Å². The van der Waals surface area contributed by atoms with Crippen LogP contribution in [-0.2, 0) is 16.6 Å². The maximum Gasteiger partial charge on any atom is 0.248 e. The molecule has 0 saturated heterocycles. The number of hydrogen-bond acceptors (Lipinski definition) is 4. The fourth-order valence-corrected chi connectivity index (χ4v) is 2.79. The molecule has 0 fully saturated rings. The summed E-state index contributed by atoms with van der Waals surface area (Å²) in [6.45, 7) is -0.251. The molecule has 0 aliphatic rings. The zero-order valence-electron chi connectivity index (χ0n) is 10.5. The number of nitrogens with one attached hydrogen (secondary N) is 1. The average molecular weight is 302 g/mol. The van der Waals surface area contributed by atoms with E-state index in [0.29, 0.717) is 6.07 Å². The Morgan fingerprint density at radius 2 is 2.10 bits per heavy atom. The smallest absolute Gasteiger partial charge is 0.248 e. The van der Waals surface area contributed by atoms with Gasteiger partial charge in [0.1, 0.15) is 22.3 Å². The summed E-state index contributed by atoms with van der Waals surface area (Å²) >= 11 is 0. The molecule has 2 rings (SSSR count). The van der Waals surface area contributed by atoms with Crippen molar-refractivity contribution in [1.82, 2.24) is 14.5 Å². The molecule has 20 heavy (non-hydrogen) atoms. The number of aromatic amines is 1. The minimum Gasteiger partial charge on any atom is -0.383 e. The predicted octanol–water partition coefficient (Wildman–Crippen LogP) is 1.09. The van der Waals surface area contributed by atoms with Gasteiger partial charge in [-0.15, -0.1) is 0 Å². The van der Waals surface area contributed by atoms with Crippen LogP contribution in [0.25, 0.3) is 0 Å². The highest BCUT2D eigenvalue weighted by Gasteiger charge is 2.25. The zero-order valence-corrected chi connectivity index (χ0v) is 11.3. The van der Waals surface area contributed by atoms with E-state index in [1.807, 2.05) is 0 Å². The van der Waals surface area contributed by atoms with E-state index in [4.69, 9.17) is 5.73 Å². The number of halogens is 2. The molecule has 0 spiro atoms. The lowest BCUT2D eigenvalue weighted by molar-refractivity contribution is 0.455. The minimum absolute atomic E-state index is 0.0551. The molecular weight excluding hydrogens is 290 g/mol. The second-order valence-electron chi connectivity index (χ2n) is 4.14. The van der Waals surface area contributed by atoms with Crippen molar-refractivity contribution in [3.63, 3.8) is 0 Å². The summed E-state index contributed by atoms with van der Waals surface area (Å²) in [5.41, 5.74) is 5.52. The first-order valence-electron chi connectivity index (χ1n) is 5.51. The van der Waals surface area contributed by atoms with Gasteiger partial charge in [0, 0.05) is 25.2 Å². The van der Waals surface area contributed by atoms with Gasteiger partial charge in [0.15, 0.2) is 0 Å². The topological polar surface area (TPSA) is 92.1 Å². The van der Waals surface area contributed by atoms with Gasteiger partial charge < -0.3 is 5.73 Å². The average Bonchev–Trinajstić information content (AvgIpc) is 2.79. The van der Waals surface area contributed by atoms with Gasteiger partial charge in [0.2, 0.25) is 10.0 Å². The molecular formula is C11H12F2N4O2S. The van der Waals surface area contributed by atoms with E-state index >= 15 is 0 Å². The molecule has 0 saturated carbocycles. The lowest BCUT2D eigenvalue weighted by atomic mass is 10.2. The van der Waals surface area contributed by atoms with Crippen LogP contribution in [0.3, 0.4) is 0 Å². The molecule has 1 aromatic carbocycles. The van der Waals surface area contributed by atoms with Crippen molar-refractivity contribution in [3.05, 3.63) is 41.6 Å². The van der Waals surface area contributed by atoms with Crippen molar-refractivity contribution in [2.75, 3.05) is 12.8 Å². The molecule has 0 amide bonds. The summed E-state index contributed by atoms with van der Waals surface area (Å²) in [7, 11) is -2.63. The fourth-order valence-electron chi connectivity index (χ4n) is 1.63. The Bertz CT molecular complexity index is 730. The van der Waals surface area contributed by atoms with Gasteiger partial charge in [-0.25, -0.2) is 17.2 Å². The molecule has 0 radical (unpaired) electrons. The molecule has 1 aromatic heterocycles. The van der Waals surface area contributed by atoms with Gasteiger partial charge in [-0.05, 0) is 6.07 Å². The molecule has 0 atom stereocenters. The number of benzene rings is 1. The molecule has 9 heteroatoms. The highest BCUT2D eigenvalue weighted by atomic mass is 32.2. The van der Waals surface area contributed by atoms with Crippen LogP contribution in [0.4, 0.5) is 14.6 Å². The first-order chi connectivity index (χ1) is 9.32. The molecule has 1 heterocycles. The predicted molar refractivity (Wildman–Crippen MR) is 68.0 cm³/mol. The van der Waals surface area contributed by atoms with Crippen LogP contribution in [0.15, 0.2) is 29.3 Å². The summed E-state index contributed by atoms with van der Waals surface area (Å²) in [4.78, 5) is -0.192. The molecule has 3 N–H and O–H groups in total. The van der Waals surface area contributed by atoms with Crippen LogP contribution in [0.5, 0.6) is 0 Å². The normalized spacial score (nSPS) is 12.0. The quantitative estimate of drug-likeness (QED) is 0.884. The maximum atomic E-state index is 13.5. The largest absolute Gasteiger partial charge is 0.383 e. The number of anilines is 1. The number of aromatic nitrogens is 2. The highest BCUT2D eigenvalue weighted by molar-refractivity contribution is 7.89. The first-order valence-corrected chi connectivity index (χ1v) is 6.95. The number of H-pyrrole nitrogens is 1. The standard InChI is InChI=1S/C11H12F2N4O2S/c1-17(6-7-2-3-8(12)4-9(7)13)20(18,19)10-5-15-16-11(10)14/h2-5H,6H2,1H3,(H3,14,15,16). The monoisotopic (exact) mass is 302 g/mol. The van der Waals surface area contributed by atoms with Crippen LogP contribution in [-0.4, -0.2) is 30.0 Å². The van der Waals surface area contributed by atoms with E-state index in [2.05, 4.69) is 10.2 Å². The summed E-state index contributed by atoms with van der Waals surface area (Å²) in [5.74, 6) is -1.64. The van der Waals surface area contributed by atoms with E-state index in [0.717, 1.165) is 16.6 Å². The van der Waals surface area contributed by atoms with E-state index in [-0.39, 0.29) is 22.8 Å². The summed E-state index contributed by atoms with van der Waals surface area (Å²) in [6, 6.07) is 2.95. The third-order valence-corrected chi connectivity index (χ3v) is 4.56. The summed E-state index contributed by atoms with van der Waals surface area (Å²) < 4.78 is 51.6. The Morgan fingerprint density at radius 1 is 1.40 bits per heavy atom. The molecule has 6 nitrogen and oxygen atoms in total. The van der Waals surface area contributed by atoms with Gasteiger partial charge in [-0.1, -0.05) is 6.07 Å². The minimum atomic E-state index is -3.90. The third-order valence-electron chi connectivity index (χ3n) is 2.73. The Hall–Kier alpha value is -2.00. The number of nitrogen functional groups attached to an aromatic ring is 1. The van der Waals surface area contributed by atoms with Gasteiger partial charge in [-0.3, -0.25) is 5.10 Å². The Kier molecular flexibility index (Phi) is 3.73. The third kappa shape index (κ3) is 2.63. The zero-order chi connectivity index (χ0) is 14.9. The summed E-state index contributed by atoms with van der Waals surface area (Å²) in [5, 5.41) is 5.84. The number of sulfonamides is 1. The van der Waals surface area contributed by atoms with Gasteiger partial charge in [0.25, 0.3) is 0 Å². The Morgan fingerprint density at radius 3 is 2.65 bits per heavy atom. The van der Waals surface area contributed by atoms with Crippen LogP contribution < -0.4 is 5.73 Å². The molecule has 2 aromatic rings. The van der Waals surface area contributed by atoms with Crippen molar-refractivity contribution >= 4 is 15.8 Å². The van der Waals surface area contributed by atoms with Crippen LogP contribution in [0.1, 0.15) is 5.56 Å². The maximum absolute atomic E-state index is 13.5.